The first-order valence-electron chi connectivity index (χ1n) is 4.45. The number of rotatable bonds is 4. The van der Waals surface area contributed by atoms with Crippen LogP contribution in [0.1, 0.15) is 12.5 Å². The van der Waals surface area contributed by atoms with Crippen LogP contribution in [0.3, 0.4) is 0 Å². The highest BCUT2D eigenvalue weighted by Crippen LogP contribution is 2.33. The van der Waals surface area contributed by atoms with Gasteiger partial charge in [-0.1, -0.05) is 22.9 Å². The standard InChI is InChI=1S/C10H14BrNO2/c1-3-12-6-7-4-8(11)5-9(14-2)10(7)13/h4-5,12-13H,3,6H2,1-2H3. The van der Waals surface area contributed by atoms with Gasteiger partial charge in [0, 0.05) is 16.6 Å². The summed E-state index contributed by atoms with van der Waals surface area (Å²) >= 11 is 3.36. The fraction of sp³-hybridized carbons (Fsp3) is 0.400. The van der Waals surface area contributed by atoms with E-state index in [2.05, 4.69) is 21.2 Å². The second-order valence-electron chi connectivity index (χ2n) is 2.90. The Bertz CT molecular complexity index is 315. The van der Waals surface area contributed by atoms with Gasteiger partial charge in [-0.3, -0.25) is 0 Å². The van der Waals surface area contributed by atoms with Crippen LogP contribution in [0.4, 0.5) is 0 Å². The lowest BCUT2D eigenvalue weighted by atomic mass is 10.2. The topological polar surface area (TPSA) is 41.5 Å². The Morgan fingerprint density at radius 3 is 2.79 bits per heavy atom. The van der Waals surface area contributed by atoms with E-state index in [0.717, 1.165) is 16.6 Å². The Labute approximate surface area is 92.2 Å². The number of nitrogens with one attached hydrogen (secondary N) is 1. The molecule has 1 rings (SSSR count). The molecule has 0 aliphatic carbocycles. The van der Waals surface area contributed by atoms with Crippen molar-refractivity contribution in [3.63, 3.8) is 0 Å². The van der Waals surface area contributed by atoms with Gasteiger partial charge in [-0.25, -0.2) is 0 Å². The van der Waals surface area contributed by atoms with Crippen LogP contribution in [-0.2, 0) is 6.54 Å². The molecule has 0 saturated heterocycles. The van der Waals surface area contributed by atoms with Crippen molar-refractivity contribution in [2.45, 2.75) is 13.5 Å². The lowest BCUT2D eigenvalue weighted by molar-refractivity contribution is 0.369. The summed E-state index contributed by atoms with van der Waals surface area (Å²) in [5.74, 6) is 0.698. The van der Waals surface area contributed by atoms with Gasteiger partial charge >= 0.3 is 0 Å². The number of phenolic OH excluding ortho intramolecular Hbond substituents is 1. The monoisotopic (exact) mass is 259 g/mol. The van der Waals surface area contributed by atoms with Crippen LogP contribution in [0, 0.1) is 0 Å². The Morgan fingerprint density at radius 2 is 2.21 bits per heavy atom. The Morgan fingerprint density at radius 1 is 1.50 bits per heavy atom. The van der Waals surface area contributed by atoms with Crippen LogP contribution in [0.25, 0.3) is 0 Å². The van der Waals surface area contributed by atoms with Crippen LogP contribution < -0.4 is 10.1 Å². The van der Waals surface area contributed by atoms with Gasteiger partial charge in [0.1, 0.15) is 0 Å². The molecule has 4 heteroatoms. The van der Waals surface area contributed by atoms with E-state index in [1.54, 1.807) is 13.2 Å². The lowest BCUT2D eigenvalue weighted by Gasteiger charge is -2.10. The quantitative estimate of drug-likeness (QED) is 0.872. The summed E-state index contributed by atoms with van der Waals surface area (Å²) in [4.78, 5) is 0. The number of halogens is 1. The summed E-state index contributed by atoms with van der Waals surface area (Å²) in [5, 5.41) is 12.9. The zero-order chi connectivity index (χ0) is 10.6. The van der Waals surface area contributed by atoms with Gasteiger partial charge in [-0.2, -0.15) is 0 Å². The van der Waals surface area contributed by atoms with Crippen molar-refractivity contribution >= 4 is 15.9 Å². The fourth-order valence-electron chi connectivity index (χ4n) is 1.18. The van der Waals surface area contributed by atoms with E-state index >= 15 is 0 Å². The summed E-state index contributed by atoms with van der Waals surface area (Å²) in [6, 6.07) is 3.62. The minimum atomic E-state index is 0.205. The number of phenols is 1. The predicted molar refractivity (Wildman–Crippen MR) is 59.7 cm³/mol. The van der Waals surface area contributed by atoms with Gasteiger partial charge in [0.05, 0.1) is 7.11 Å². The van der Waals surface area contributed by atoms with Crippen molar-refractivity contribution in [3.05, 3.63) is 22.2 Å². The minimum absolute atomic E-state index is 0.205. The zero-order valence-corrected chi connectivity index (χ0v) is 9.89. The van der Waals surface area contributed by atoms with E-state index in [4.69, 9.17) is 4.74 Å². The molecule has 0 aliphatic rings. The van der Waals surface area contributed by atoms with Crippen molar-refractivity contribution in [1.82, 2.24) is 5.32 Å². The average molecular weight is 260 g/mol. The van der Waals surface area contributed by atoms with E-state index < -0.39 is 0 Å². The number of methoxy groups -OCH3 is 1. The van der Waals surface area contributed by atoms with Gasteiger partial charge < -0.3 is 15.2 Å². The average Bonchev–Trinajstić information content (AvgIpc) is 2.18. The molecule has 0 bridgehead atoms. The first-order chi connectivity index (χ1) is 6.69. The number of aromatic hydroxyl groups is 1. The van der Waals surface area contributed by atoms with Crippen LogP contribution in [0.5, 0.6) is 11.5 Å². The van der Waals surface area contributed by atoms with Gasteiger partial charge in [0.15, 0.2) is 11.5 Å². The fourth-order valence-corrected chi connectivity index (χ4v) is 1.66. The maximum absolute atomic E-state index is 9.75. The van der Waals surface area contributed by atoms with Gasteiger partial charge in [-0.05, 0) is 18.7 Å². The Hall–Kier alpha value is -0.740. The summed E-state index contributed by atoms with van der Waals surface area (Å²) in [6.45, 7) is 3.53. The minimum Gasteiger partial charge on any atom is -0.504 e. The van der Waals surface area contributed by atoms with Crippen molar-refractivity contribution < 1.29 is 9.84 Å². The Kier molecular flexibility index (Phi) is 4.22. The molecule has 1 aromatic carbocycles. The Balaban J connectivity index is 2.96. The van der Waals surface area contributed by atoms with E-state index in [-0.39, 0.29) is 5.75 Å². The molecular formula is C10H14BrNO2. The molecule has 0 heterocycles. The highest BCUT2D eigenvalue weighted by Gasteiger charge is 2.08. The number of ether oxygens (including phenoxy) is 1. The molecule has 0 aromatic heterocycles. The van der Waals surface area contributed by atoms with E-state index in [1.807, 2.05) is 13.0 Å². The number of benzene rings is 1. The number of hydrogen-bond acceptors (Lipinski definition) is 3. The molecule has 0 saturated carbocycles. The molecule has 78 valence electrons. The van der Waals surface area contributed by atoms with E-state index in [9.17, 15) is 5.11 Å². The third kappa shape index (κ3) is 2.62. The maximum Gasteiger partial charge on any atom is 0.162 e. The lowest BCUT2D eigenvalue weighted by Crippen LogP contribution is -2.12. The molecule has 0 fully saturated rings. The van der Waals surface area contributed by atoms with Crippen molar-refractivity contribution in [2.75, 3.05) is 13.7 Å². The highest BCUT2D eigenvalue weighted by molar-refractivity contribution is 9.10. The van der Waals surface area contributed by atoms with Gasteiger partial charge in [-0.15, -0.1) is 0 Å². The van der Waals surface area contributed by atoms with Crippen LogP contribution in [0.2, 0.25) is 0 Å². The number of hydrogen-bond donors (Lipinski definition) is 2. The first-order valence-corrected chi connectivity index (χ1v) is 5.24. The van der Waals surface area contributed by atoms with Crippen LogP contribution >= 0.6 is 15.9 Å². The summed E-state index contributed by atoms with van der Waals surface area (Å²) in [7, 11) is 1.54. The molecule has 0 amide bonds. The summed E-state index contributed by atoms with van der Waals surface area (Å²) in [6.07, 6.45) is 0. The van der Waals surface area contributed by atoms with Crippen LogP contribution in [-0.4, -0.2) is 18.8 Å². The highest BCUT2D eigenvalue weighted by atomic mass is 79.9. The normalized spacial score (nSPS) is 10.2. The molecular weight excluding hydrogens is 246 g/mol. The van der Waals surface area contributed by atoms with Crippen molar-refractivity contribution in [1.29, 1.82) is 0 Å². The zero-order valence-electron chi connectivity index (χ0n) is 8.30. The SMILES string of the molecule is CCNCc1cc(Br)cc(OC)c1O. The van der Waals surface area contributed by atoms with Crippen molar-refractivity contribution in [3.8, 4) is 11.5 Å². The molecule has 0 atom stereocenters. The predicted octanol–water partition coefficient (Wildman–Crippen LogP) is 2.27. The smallest absolute Gasteiger partial charge is 0.162 e. The molecule has 0 spiro atoms. The third-order valence-electron chi connectivity index (χ3n) is 1.90. The molecule has 0 unspecified atom stereocenters. The first kappa shape index (κ1) is 11.3. The van der Waals surface area contributed by atoms with Crippen molar-refractivity contribution in [2.24, 2.45) is 0 Å². The molecule has 2 N–H and O–H groups in total. The summed E-state index contributed by atoms with van der Waals surface area (Å²) < 4.78 is 5.94. The molecule has 3 nitrogen and oxygen atoms in total. The maximum atomic E-state index is 9.75. The summed E-state index contributed by atoms with van der Waals surface area (Å²) in [5.41, 5.74) is 0.832. The van der Waals surface area contributed by atoms with E-state index in [1.165, 1.54) is 0 Å². The van der Waals surface area contributed by atoms with Crippen LogP contribution in [0.15, 0.2) is 16.6 Å². The molecule has 1 aromatic rings. The molecule has 0 aliphatic heterocycles. The van der Waals surface area contributed by atoms with Gasteiger partial charge in [0.25, 0.3) is 0 Å². The second kappa shape index (κ2) is 5.22. The largest absolute Gasteiger partial charge is 0.504 e. The second-order valence-corrected chi connectivity index (χ2v) is 3.81. The van der Waals surface area contributed by atoms with Gasteiger partial charge in [0.2, 0.25) is 0 Å². The molecule has 0 radical (unpaired) electrons. The third-order valence-corrected chi connectivity index (χ3v) is 2.36. The molecule has 14 heavy (non-hydrogen) atoms. The van der Waals surface area contributed by atoms with E-state index in [0.29, 0.717) is 12.3 Å².